The second-order valence-corrected chi connectivity index (χ2v) is 12.6. The number of anilines is 1. The summed E-state index contributed by atoms with van der Waals surface area (Å²) in [7, 11) is 0. The van der Waals surface area contributed by atoms with Gasteiger partial charge in [0.05, 0.1) is 5.41 Å². The van der Waals surface area contributed by atoms with Gasteiger partial charge < -0.3 is 4.90 Å². The summed E-state index contributed by atoms with van der Waals surface area (Å²) in [5.74, 6) is 0. The maximum absolute atomic E-state index is 2.59. The monoisotopic (exact) mass is 527 g/mol. The average molecular weight is 528 g/mol. The lowest BCUT2D eigenvalue weighted by molar-refractivity contribution is -0.437. The van der Waals surface area contributed by atoms with E-state index >= 15 is 0 Å². The Balaban J connectivity index is 1.46. The molecule has 0 N–H and O–H groups in total. The van der Waals surface area contributed by atoms with E-state index in [-0.39, 0.29) is 10.8 Å². The van der Waals surface area contributed by atoms with Gasteiger partial charge >= 0.3 is 0 Å². The molecule has 0 saturated heterocycles. The molecule has 2 aliphatic heterocycles. The van der Waals surface area contributed by atoms with Crippen LogP contribution in [0, 0.1) is 0 Å². The van der Waals surface area contributed by atoms with Gasteiger partial charge in [0.25, 0.3) is 0 Å². The Bertz CT molecular complexity index is 1700. The Morgan fingerprint density at radius 1 is 0.725 bits per heavy atom. The third kappa shape index (κ3) is 4.03. The molecule has 6 rings (SSSR count). The van der Waals surface area contributed by atoms with Crippen LogP contribution in [0.4, 0.5) is 11.4 Å². The summed E-state index contributed by atoms with van der Waals surface area (Å²) < 4.78 is 2.56. The van der Waals surface area contributed by atoms with Crippen molar-refractivity contribution in [3.8, 4) is 0 Å². The summed E-state index contributed by atoms with van der Waals surface area (Å²) in [6, 6.07) is 27.0. The van der Waals surface area contributed by atoms with E-state index in [1.807, 2.05) is 0 Å². The molecule has 0 fully saturated rings. The van der Waals surface area contributed by atoms with E-state index in [0.717, 1.165) is 19.5 Å². The van der Waals surface area contributed by atoms with E-state index in [9.17, 15) is 0 Å². The summed E-state index contributed by atoms with van der Waals surface area (Å²) in [5, 5.41) is 5.40. The zero-order valence-corrected chi connectivity index (χ0v) is 25.1. The molecule has 0 bridgehead atoms. The fraction of sp³-hybridized carbons (Fsp3) is 0.342. The smallest absolute Gasteiger partial charge is 0.210 e. The number of nitrogens with zero attached hydrogens (tertiary/aromatic N) is 2. The zero-order chi connectivity index (χ0) is 28.1. The molecular weight excluding hydrogens is 484 g/mol. The Labute approximate surface area is 240 Å². The van der Waals surface area contributed by atoms with E-state index in [2.05, 4.69) is 142 Å². The van der Waals surface area contributed by atoms with Crippen molar-refractivity contribution in [2.45, 2.75) is 71.6 Å². The van der Waals surface area contributed by atoms with Crippen LogP contribution in [0.1, 0.15) is 71.9 Å². The quantitative estimate of drug-likeness (QED) is 0.217. The molecule has 204 valence electrons. The Morgan fingerprint density at radius 2 is 1.38 bits per heavy atom. The van der Waals surface area contributed by atoms with Gasteiger partial charge in [-0.3, -0.25) is 0 Å². The topological polar surface area (TPSA) is 6.25 Å². The molecule has 2 heteroatoms. The first-order valence-corrected chi connectivity index (χ1v) is 15.2. The van der Waals surface area contributed by atoms with Crippen LogP contribution in [-0.4, -0.2) is 23.4 Å². The molecule has 0 aromatic heterocycles. The van der Waals surface area contributed by atoms with Crippen LogP contribution in [0.3, 0.4) is 0 Å². The van der Waals surface area contributed by atoms with Crippen LogP contribution in [0.15, 0.2) is 96.7 Å². The van der Waals surface area contributed by atoms with Gasteiger partial charge in [0.15, 0.2) is 5.71 Å². The summed E-state index contributed by atoms with van der Waals surface area (Å²) in [6.45, 7) is 16.2. The zero-order valence-electron chi connectivity index (χ0n) is 25.1. The van der Waals surface area contributed by atoms with Crippen molar-refractivity contribution in [3.63, 3.8) is 0 Å². The molecule has 2 aliphatic rings. The minimum absolute atomic E-state index is 0.0768. The van der Waals surface area contributed by atoms with Crippen molar-refractivity contribution < 1.29 is 4.58 Å². The SMILES string of the molecule is CCCCN1C(=CC=CC2=[N+](CCC)c3ccc4ccccc4c3C2(C)C)C(C)(C)c2c1ccc1ccccc21. The van der Waals surface area contributed by atoms with Crippen molar-refractivity contribution in [2.24, 2.45) is 0 Å². The van der Waals surface area contributed by atoms with Crippen molar-refractivity contribution in [2.75, 3.05) is 18.0 Å². The fourth-order valence-corrected chi connectivity index (χ4v) is 7.32. The molecule has 0 spiro atoms. The minimum Gasteiger partial charge on any atom is -0.344 e. The van der Waals surface area contributed by atoms with Crippen molar-refractivity contribution in [1.29, 1.82) is 0 Å². The van der Waals surface area contributed by atoms with E-state index < -0.39 is 0 Å². The molecule has 0 aliphatic carbocycles. The molecule has 4 aromatic carbocycles. The van der Waals surface area contributed by atoms with Gasteiger partial charge in [-0.15, -0.1) is 0 Å². The van der Waals surface area contributed by atoms with Gasteiger partial charge in [0.2, 0.25) is 5.69 Å². The Kier molecular flexibility index (Phi) is 6.69. The first-order chi connectivity index (χ1) is 19.3. The summed E-state index contributed by atoms with van der Waals surface area (Å²) in [4.78, 5) is 2.59. The first-order valence-electron chi connectivity index (χ1n) is 15.2. The number of hydrogen-bond donors (Lipinski definition) is 0. The maximum Gasteiger partial charge on any atom is 0.210 e. The van der Waals surface area contributed by atoms with Gasteiger partial charge in [-0.1, -0.05) is 94.8 Å². The normalized spacial score (nSPS) is 18.4. The molecule has 2 nitrogen and oxygen atoms in total. The minimum atomic E-state index is -0.0770. The molecular formula is C38H43N2+. The number of fused-ring (bicyclic) bond motifs is 6. The fourth-order valence-electron chi connectivity index (χ4n) is 7.32. The maximum atomic E-state index is 2.59. The number of hydrogen-bond acceptors (Lipinski definition) is 1. The van der Waals surface area contributed by atoms with Crippen LogP contribution in [0.25, 0.3) is 21.5 Å². The van der Waals surface area contributed by atoms with Gasteiger partial charge in [0.1, 0.15) is 6.54 Å². The largest absolute Gasteiger partial charge is 0.344 e. The average Bonchev–Trinajstić information content (AvgIpc) is 3.31. The highest BCUT2D eigenvalue weighted by atomic mass is 15.2. The molecule has 0 amide bonds. The lowest BCUT2D eigenvalue weighted by atomic mass is 9.79. The van der Waals surface area contributed by atoms with Crippen molar-refractivity contribution >= 4 is 38.6 Å². The van der Waals surface area contributed by atoms with Crippen LogP contribution in [0.5, 0.6) is 0 Å². The van der Waals surface area contributed by atoms with E-state index in [1.165, 1.54) is 68.3 Å². The summed E-state index contributed by atoms with van der Waals surface area (Å²) >= 11 is 0. The van der Waals surface area contributed by atoms with Crippen molar-refractivity contribution in [3.05, 3.63) is 108 Å². The van der Waals surface area contributed by atoms with Crippen LogP contribution < -0.4 is 4.90 Å². The Morgan fingerprint density at radius 3 is 2.05 bits per heavy atom. The van der Waals surface area contributed by atoms with Gasteiger partial charge in [0, 0.05) is 47.5 Å². The molecule has 40 heavy (non-hydrogen) atoms. The number of unbranched alkanes of at least 4 members (excludes halogenated alkanes) is 1. The third-order valence-corrected chi connectivity index (χ3v) is 9.20. The number of benzene rings is 4. The summed E-state index contributed by atoms with van der Waals surface area (Å²) in [5.41, 5.74) is 8.28. The van der Waals surface area contributed by atoms with Crippen LogP contribution >= 0.6 is 0 Å². The summed E-state index contributed by atoms with van der Waals surface area (Å²) in [6.07, 6.45) is 10.6. The lowest BCUT2D eigenvalue weighted by Gasteiger charge is -2.27. The molecule has 0 radical (unpaired) electrons. The van der Waals surface area contributed by atoms with Crippen molar-refractivity contribution in [1.82, 2.24) is 0 Å². The van der Waals surface area contributed by atoms with E-state index in [0.29, 0.717) is 0 Å². The lowest BCUT2D eigenvalue weighted by Crippen LogP contribution is -2.28. The highest BCUT2D eigenvalue weighted by Gasteiger charge is 2.45. The standard InChI is InChI=1S/C38H43N2/c1-7-9-26-40-32-24-22-28-16-11-13-18-30(28)36(32)38(5,6)34(40)20-14-19-33-37(3,4)35-29-17-12-10-15-27(29)21-23-31(35)39(33)25-8-2/h10-24H,7-9,25-26H2,1-6H3/q+1. The Hall–Kier alpha value is -3.65. The molecule has 0 saturated carbocycles. The van der Waals surface area contributed by atoms with Gasteiger partial charge in [-0.25, -0.2) is 0 Å². The predicted molar refractivity (Wildman–Crippen MR) is 174 cm³/mol. The molecule has 2 heterocycles. The predicted octanol–water partition coefficient (Wildman–Crippen LogP) is 9.82. The number of allylic oxidation sites excluding steroid dienone is 4. The second kappa shape index (κ2) is 10.1. The highest BCUT2D eigenvalue weighted by molar-refractivity contribution is 6.07. The molecule has 0 unspecified atom stereocenters. The molecule has 0 atom stereocenters. The van der Waals surface area contributed by atoms with Crippen LogP contribution in [-0.2, 0) is 10.8 Å². The highest BCUT2D eigenvalue weighted by Crippen LogP contribution is 2.51. The molecule has 4 aromatic rings. The second-order valence-electron chi connectivity index (χ2n) is 12.6. The van der Waals surface area contributed by atoms with Gasteiger partial charge in [-0.2, -0.15) is 4.58 Å². The van der Waals surface area contributed by atoms with Gasteiger partial charge in [-0.05, 0) is 65.6 Å². The van der Waals surface area contributed by atoms with E-state index in [4.69, 9.17) is 0 Å². The number of rotatable bonds is 7. The van der Waals surface area contributed by atoms with E-state index in [1.54, 1.807) is 0 Å². The third-order valence-electron chi connectivity index (χ3n) is 9.20. The first kappa shape index (κ1) is 26.6. The van der Waals surface area contributed by atoms with Crippen LogP contribution in [0.2, 0.25) is 0 Å².